The van der Waals surface area contributed by atoms with E-state index in [9.17, 15) is 9.59 Å². The summed E-state index contributed by atoms with van der Waals surface area (Å²) in [5.41, 5.74) is 5.89. The van der Waals surface area contributed by atoms with E-state index in [-0.39, 0.29) is 24.1 Å². The number of hydrogen-bond acceptors (Lipinski definition) is 4. The highest BCUT2D eigenvalue weighted by molar-refractivity contribution is 7.12. The van der Waals surface area contributed by atoms with E-state index in [4.69, 9.17) is 5.73 Å². The first-order chi connectivity index (χ1) is 7.29. The third-order valence-corrected chi connectivity index (χ3v) is 2.86. The Labute approximate surface area is 111 Å². The highest BCUT2D eigenvalue weighted by Crippen LogP contribution is 2.15. The van der Waals surface area contributed by atoms with Gasteiger partial charge in [0.2, 0.25) is 0 Å². The molecule has 0 bridgehead atoms. The molecule has 4 nitrogen and oxygen atoms in total. The number of Topliss-reactive ketones (excluding diaryl/α,β-unsaturated/α-hetero) is 1. The number of amides is 1. The Hall–Kier alpha value is -0.910. The fourth-order valence-corrected chi connectivity index (χ4v) is 1.90. The summed E-state index contributed by atoms with van der Waals surface area (Å²) in [5.74, 6) is -0.217. The lowest BCUT2D eigenvalue weighted by molar-refractivity contribution is 0.0950. The van der Waals surface area contributed by atoms with E-state index >= 15 is 0 Å². The van der Waals surface area contributed by atoms with Crippen LogP contribution >= 0.6 is 23.7 Å². The van der Waals surface area contributed by atoms with Gasteiger partial charge in [-0.1, -0.05) is 0 Å². The minimum absolute atomic E-state index is 0. The van der Waals surface area contributed by atoms with Gasteiger partial charge < -0.3 is 11.1 Å². The number of thiophene rings is 1. The summed E-state index contributed by atoms with van der Waals surface area (Å²) in [6, 6.07) is 1.60. The predicted octanol–water partition coefficient (Wildman–Crippen LogP) is 1.84. The largest absolute Gasteiger partial charge is 0.350 e. The van der Waals surface area contributed by atoms with Gasteiger partial charge in [0.05, 0.1) is 4.88 Å². The summed E-state index contributed by atoms with van der Waals surface area (Å²) in [6.07, 6.45) is 0. The fourth-order valence-electron chi connectivity index (χ4n) is 1.04. The van der Waals surface area contributed by atoms with Gasteiger partial charge in [0.1, 0.15) is 0 Å². The van der Waals surface area contributed by atoms with E-state index in [0.717, 1.165) is 0 Å². The second kappa shape index (κ2) is 6.14. The van der Waals surface area contributed by atoms with Crippen LogP contribution in [0.3, 0.4) is 0 Å². The van der Waals surface area contributed by atoms with Crippen LogP contribution in [0.15, 0.2) is 11.4 Å². The average molecular weight is 277 g/mol. The van der Waals surface area contributed by atoms with E-state index in [1.165, 1.54) is 18.3 Å². The molecule has 17 heavy (non-hydrogen) atoms. The number of hydrogen-bond donors (Lipinski definition) is 2. The first-order valence-electron chi connectivity index (χ1n) is 4.96. The second-order valence-electron chi connectivity index (χ2n) is 4.43. The molecule has 0 radical (unpaired) electrons. The van der Waals surface area contributed by atoms with Crippen LogP contribution in [0.4, 0.5) is 0 Å². The summed E-state index contributed by atoms with van der Waals surface area (Å²) >= 11 is 1.26. The maximum Gasteiger partial charge on any atom is 0.261 e. The number of halogens is 1. The van der Waals surface area contributed by atoms with Gasteiger partial charge >= 0.3 is 0 Å². The summed E-state index contributed by atoms with van der Waals surface area (Å²) < 4.78 is 0. The summed E-state index contributed by atoms with van der Waals surface area (Å²) in [4.78, 5) is 23.2. The van der Waals surface area contributed by atoms with Gasteiger partial charge in [-0.15, -0.1) is 23.7 Å². The van der Waals surface area contributed by atoms with Crippen LogP contribution in [-0.4, -0.2) is 23.8 Å². The molecule has 0 spiro atoms. The lowest BCUT2D eigenvalue weighted by Crippen LogP contribution is -2.44. The SMILES string of the molecule is CC(=O)c1csc(C(=O)NCC(C)(C)N)c1.Cl. The molecule has 0 aliphatic rings. The molecule has 6 heteroatoms. The number of carbonyl (C=O) groups is 2. The highest BCUT2D eigenvalue weighted by atomic mass is 35.5. The molecule has 1 amide bonds. The third kappa shape index (κ3) is 5.30. The average Bonchev–Trinajstić information content (AvgIpc) is 2.61. The fraction of sp³-hybridized carbons (Fsp3) is 0.455. The maximum atomic E-state index is 11.7. The Bertz CT molecular complexity index is 410. The second-order valence-corrected chi connectivity index (χ2v) is 5.34. The number of nitrogens with one attached hydrogen (secondary N) is 1. The number of carbonyl (C=O) groups excluding carboxylic acids is 2. The number of rotatable bonds is 4. The standard InChI is InChI=1S/C11H16N2O2S.ClH/c1-7(14)8-4-9(16-5-8)10(15)13-6-11(2,3)12;/h4-5H,6,12H2,1-3H3,(H,13,15);1H. The molecular formula is C11H17ClN2O2S. The summed E-state index contributed by atoms with van der Waals surface area (Å²) in [6.45, 7) is 5.55. The minimum Gasteiger partial charge on any atom is -0.350 e. The Morgan fingerprint density at radius 2 is 2.06 bits per heavy atom. The van der Waals surface area contributed by atoms with Gasteiger partial charge in [-0.3, -0.25) is 9.59 Å². The molecule has 0 aromatic carbocycles. The van der Waals surface area contributed by atoms with Crippen molar-refractivity contribution < 1.29 is 9.59 Å². The first-order valence-corrected chi connectivity index (χ1v) is 5.84. The van der Waals surface area contributed by atoms with Crippen LogP contribution in [0, 0.1) is 0 Å². The normalized spacial score (nSPS) is 10.6. The quantitative estimate of drug-likeness (QED) is 0.824. The minimum atomic E-state index is -0.434. The summed E-state index contributed by atoms with van der Waals surface area (Å²) in [5, 5.41) is 4.41. The van der Waals surface area contributed by atoms with Crippen molar-refractivity contribution >= 4 is 35.4 Å². The zero-order valence-corrected chi connectivity index (χ0v) is 11.7. The Kier molecular flexibility index (Phi) is 5.81. The van der Waals surface area contributed by atoms with Gasteiger partial charge in [0, 0.05) is 23.0 Å². The van der Waals surface area contributed by atoms with Crippen LogP contribution < -0.4 is 11.1 Å². The monoisotopic (exact) mass is 276 g/mol. The molecule has 0 aliphatic carbocycles. The lowest BCUT2D eigenvalue weighted by Gasteiger charge is -2.18. The van der Waals surface area contributed by atoms with Crippen LogP contribution in [0.5, 0.6) is 0 Å². The Morgan fingerprint density at radius 3 is 2.47 bits per heavy atom. The highest BCUT2D eigenvalue weighted by Gasteiger charge is 2.15. The lowest BCUT2D eigenvalue weighted by atomic mass is 10.1. The van der Waals surface area contributed by atoms with Crippen molar-refractivity contribution in [2.45, 2.75) is 26.3 Å². The van der Waals surface area contributed by atoms with Crippen LogP contribution in [0.25, 0.3) is 0 Å². The van der Waals surface area contributed by atoms with Gasteiger partial charge in [-0.05, 0) is 26.8 Å². The van der Waals surface area contributed by atoms with Crippen molar-refractivity contribution in [1.29, 1.82) is 0 Å². The van der Waals surface area contributed by atoms with Gasteiger partial charge in [0.15, 0.2) is 5.78 Å². The van der Waals surface area contributed by atoms with Crippen molar-refractivity contribution in [2.24, 2.45) is 5.73 Å². The number of ketones is 1. The molecule has 1 heterocycles. The van der Waals surface area contributed by atoms with Gasteiger partial charge in [-0.25, -0.2) is 0 Å². The Morgan fingerprint density at radius 1 is 1.47 bits per heavy atom. The molecule has 96 valence electrons. The van der Waals surface area contributed by atoms with E-state index in [1.807, 2.05) is 13.8 Å². The molecule has 0 saturated carbocycles. The van der Waals surface area contributed by atoms with Crippen molar-refractivity contribution in [3.63, 3.8) is 0 Å². The van der Waals surface area contributed by atoms with Crippen LogP contribution in [0.2, 0.25) is 0 Å². The van der Waals surface area contributed by atoms with E-state index in [1.54, 1.807) is 11.4 Å². The smallest absolute Gasteiger partial charge is 0.261 e. The molecule has 1 rings (SSSR count). The molecule has 0 atom stereocenters. The van der Waals surface area contributed by atoms with Crippen molar-refractivity contribution in [1.82, 2.24) is 5.32 Å². The van der Waals surface area contributed by atoms with E-state index in [2.05, 4.69) is 5.32 Å². The van der Waals surface area contributed by atoms with E-state index < -0.39 is 5.54 Å². The Balaban J connectivity index is 0.00000256. The third-order valence-electron chi connectivity index (χ3n) is 1.93. The predicted molar refractivity (Wildman–Crippen MR) is 72.2 cm³/mol. The molecule has 0 aliphatic heterocycles. The maximum absolute atomic E-state index is 11.7. The topological polar surface area (TPSA) is 72.2 Å². The van der Waals surface area contributed by atoms with Gasteiger partial charge in [-0.2, -0.15) is 0 Å². The number of nitrogens with two attached hydrogens (primary N) is 1. The van der Waals surface area contributed by atoms with Crippen molar-refractivity contribution in [3.05, 3.63) is 21.9 Å². The van der Waals surface area contributed by atoms with Crippen molar-refractivity contribution in [3.8, 4) is 0 Å². The van der Waals surface area contributed by atoms with E-state index in [0.29, 0.717) is 17.0 Å². The molecular weight excluding hydrogens is 260 g/mol. The molecule has 0 fully saturated rings. The molecule has 1 aromatic rings. The zero-order chi connectivity index (χ0) is 12.3. The first kappa shape index (κ1) is 16.1. The zero-order valence-electron chi connectivity index (χ0n) is 10.1. The van der Waals surface area contributed by atoms with Crippen LogP contribution in [0.1, 0.15) is 40.8 Å². The summed E-state index contributed by atoms with van der Waals surface area (Å²) in [7, 11) is 0. The molecule has 0 unspecified atom stereocenters. The molecule has 0 saturated heterocycles. The van der Waals surface area contributed by atoms with Crippen molar-refractivity contribution in [2.75, 3.05) is 6.54 Å². The van der Waals surface area contributed by atoms with Crippen LogP contribution in [-0.2, 0) is 0 Å². The molecule has 3 N–H and O–H groups in total. The van der Waals surface area contributed by atoms with Gasteiger partial charge in [0.25, 0.3) is 5.91 Å². The molecule has 1 aromatic heterocycles.